The van der Waals surface area contributed by atoms with Crippen LogP contribution in [-0.2, 0) is 5.41 Å². The van der Waals surface area contributed by atoms with Crippen LogP contribution in [-0.4, -0.2) is 15.0 Å². The quantitative estimate of drug-likeness (QED) is 0.178. The van der Waals surface area contributed by atoms with Crippen molar-refractivity contribution in [1.82, 2.24) is 15.0 Å². The second-order valence-corrected chi connectivity index (χ2v) is 16.8. The lowest BCUT2D eigenvalue weighted by atomic mass is 9.43. The molecule has 0 atom stereocenters. The Morgan fingerprint density at radius 3 is 1.50 bits per heavy atom. The van der Waals surface area contributed by atoms with Gasteiger partial charge >= 0.3 is 0 Å². The van der Waals surface area contributed by atoms with E-state index in [-0.39, 0.29) is 5.41 Å². The van der Waals surface area contributed by atoms with Gasteiger partial charge in [-0.3, -0.25) is 0 Å². The molecule has 3 nitrogen and oxygen atoms in total. The summed E-state index contributed by atoms with van der Waals surface area (Å²) in [5.41, 5.74) is 14.1. The summed E-state index contributed by atoms with van der Waals surface area (Å²) in [4.78, 5) is 14.9. The van der Waals surface area contributed by atoms with E-state index in [9.17, 15) is 0 Å². The maximum absolute atomic E-state index is 5.02. The molecule has 0 unspecified atom stereocenters. The summed E-state index contributed by atoms with van der Waals surface area (Å²) < 4.78 is 0. The fourth-order valence-electron chi connectivity index (χ4n) is 11.8. The van der Waals surface area contributed by atoms with Gasteiger partial charge in [0.25, 0.3) is 0 Å². The summed E-state index contributed by atoms with van der Waals surface area (Å²) in [7, 11) is 0. The van der Waals surface area contributed by atoms with Crippen LogP contribution in [0.3, 0.4) is 0 Å². The van der Waals surface area contributed by atoms with Crippen LogP contribution in [0.5, 0.6) is 0 Å². The topological polar surface area (TPSA) is 38.7 Å². The van der Waals surface area contributed by atoms with Gasteiger partial charge in [-0.25, -0.2) is 15.0 Å². The van der Waals surface area contributed by atoms with Crippen LogP contribution in [0.15, 0.2) is 164 Å². The first kappa shape index (κ1) is 32.1. The smallest absolute Gasteiger partial charge is 0.164 e. The Bertz CT molecular complexity index is 2740. The largest absolute Gasteiger partial charge is 0.208 e. The molecule has 13 rings (SSSR count). The summed E-state index contributed by atoms with van der Waals surface area (Å²) in [6, 6.07) is 59.6. The molecule has 5 aliphatic carbocycles. The molecule has 1 heterocycles. The lowest BCUT2D eigenvalue weighted by molar-refractivity contribution is -0.0399. The highest BCUT2D eigenvalue weighted by Gasteiger charge is 2.61. The first-order valence-electron chi connectivity index (χ1n) is 20.4. The molecule has 56 heavy (non-hydrogen) atoms. The van der Waals surface area contributed by atoms with Crippen LogP contribution in [0.2, 0.25) is 0 Å². The Hall–Kier alpha value is -6.19. The number of fused-ring (bicyclic) bond motifs is 5. The molecule has 0 aliphatic heterocycles. The standard InChI is InChI=1S/C53H41N3/c1-3-12-36(13-4-1)50-54-51(37-14-5-2-6-15-37)56-52(55-50)42-19-10-18-40(31-42)38-16-9-17-39(30-38)41-21-23-46-48(32-41)53(43-26-33-25-34(28-43)29-44(53)27-33)47-24-22-35-11-7-8-20-45(35)49(46)47/h1-24,30-34,43-44H,25-29H2. The van der Waals surface area contributed by atoms with E-state index in [0.29, 0.717) is 17.5 Å². The Morgan fingerprint density at radius 2 is 0.875 bits per heavy atom. The van der Waals surface area contributed by atoms with Gasteiger partial charge in [-0.1, -0.05) is 146 Å². The SMILES string of the molecule is c1ccc(-c2nc(-c3ccccc3)nc(-c3cccc(-c4cccc(-c5ccc6c(c5)C5(c7ccc8ccccc8c7-6)C6CC7CC(C6)CC5C7)c4)c3)n2)cc1. The Morgan fingerprint density at radius 1 is 0.375 bits per heavy atom. The third-order valence-corrected chi connectivity index (χ3v) is 13.9. The third kappa shape index (κ3) is 4.86. The molecule has 1 aromatic heterocycles. The second-order valence-electron chi connectivity index (χ2n) is 16.8. The zero-order valence-corrected chi connectivity index (χ0v) is 31.3. The van der Waals surface area contributed by atoms with Crippen LogP contribution in [0.25, 0.3) is 78.3 Å². The van der Waals surface area contributed by atoms with Crippen molar-refractivity contribution in [2.24, 2.45) is 23.7 Å². The van der Waals surface area contributed by atoms with Crippen LogP contribution in [0.4, 0.5) is 0 Å². The highest BCUT2D eigenvalue weighted by atomic mass is 15.0. The van der Waals surface area contributed by atoms with E-state index in [4.69, 9.17) is 15.0 Å². The first-order chi connectivity index (χ1) is 27.7. The van der Waals surface area contributed by atoms with Crippen molar-refractivity contribution >= 4 is 10.8 Å². The number of hydrogen-bond donors (Lipinski definition) is 0. The normalized spacial score (nSPS) is 22.7. The predicted molar refractivity (Wildman–Crippen MR) is 228 cm³/mol. The second kappa shape index (κ2) is 12.4. The maximum atomic E-state index is 5.02. The molecule has 4 saturated carbocycles. The first-order valence-corrected chi connectivity index (χ1v) is 20.4. The number of nitrogens with zero attached hydrogens (tertiary/aromatic N) is 3. The Balaban J connectivity index is 0.960. The molecular formula is C53H41N3. The van der Waals surface area contributed by atoms with Gasteiger partial charge < -0.3 is 0 Å². The van der Waals surface area contributed by atoms with Crippen molar-refractivity contribution < 1.29 is 0 Å². The van der Waals surface area contributed by atoms with E-state index >= 15 is 0 Å². The molecule has 5 aliphatic rings. The van der Waals surface area contributed by atoms with Gasteiger partial charge in [0.2, 0.25) is 0 Å². The van der Waals surface area contributed by atoms with Crippen molar-refractivity contribution in [3.63, 3.8) is 0 Å². The monoisotopic (exact) mass is 719 g/mol. The van der Waals surface area contributed by atoms with Gasteiger partial charge in [-0.15, -0.1) is 0 Å². The zero-order valence-electron chi connectivity index (χ0n) is 31.3. The van der Waals surface area contributed by atoms with Gasteiger partial charge in [-0.2, -0.15) is 0 Å². The number of hydrogen-bond acceptors (Lipinski definition) is 3. The third-order valence-electron chi connectivity index (χ3n) is 13.9. The maximum Gasteiger partial charge on any atom is 0.164 e. The van der Waals surface area contributed by atoms with Gasteiger partial charge in [0.05, 0.1) is 0 Å². The zero-order chi connectivity index (χ0) is 36.8. The molecule has 4 bridgehead atoms. The van der Waals surface area contributed by atoms with Crippen molar-refractivity contribution in [2.75, 3.05) is 0 Å². The molecule has 4 fully saturated rings. The average molecular weight is 720 g/mol. The van der Waals surface area contributed by atoms with Crippen LogP contribution >= 0.6 is 0 Å². The predicted octanol–water partition coefficient (Wildman–Crippen LogP) is 13.1. The molecule has 3 heteroatoms. The molecule has 7 aromatic carbocycles. The molecule has 1 spiro atoms. The number of rotatable bonds is 5. The lowest BCUT2D eigenvalue weighted by Crippen LogP contribution is -2.55. The molecule has 0 N–H and O–H groups in total. The lowest BCUT2D eigenvalue weighted by Gasteiger charge is -2.61. The van der Waals surface area contributed by atoms with Crippen LogP contribution < -0.4 is 0 Å². The van der Waals surface area contributed by atoms with Crippen LogP contribution in [0.1, 0.15) is 43.2 Å². The van der Waals surface area contributed by atoms with E-state index in [1.807, 2.05) is 36.4 Å². The number of aromatic nitrogens is 3. The van der Waals surface area contributed by atoms with E-state index < -0.39 is 0 Å². The molecule has 0 radical (unpaired) electrons. The minimum atomic E-state index is 0.117. The Labute approximate surface area is 328 Å². The highest BCUT2D eigenvalue weighted by molar-refractivity contribution is 6.03. The molecule has 8 aromatic rings. The summed E-state index contributed by atoms with van der Waals surface area (Å²) >= 11 is 0. The molecular weight excluding hydrogens is 679 g/mol. The fourth-order valence-corrected chi connectivity index (χ4v) is 11.8. The molecule has 0 amide bonds. The van der Waals surface area contributed by atoms with Gasteiger partial charge in [0, 0.05) is 22.1 Å². The van der Waals surface area contributed by atoms with E-state index in [1.165, 1.54) is 70.7 Å². The van der Waals surface area contributed by atoms with Crippen molar-refractivity contribution in [1.29, 1.82) is 0 Å². The number of benzene rings is 7. The summed E-state index contributed by atoms with van der Waals surface area (Å²) in [5.74, 6) is 5.30. The summed E-state index contributed by atoms with van der Waals surface area (Å²) in [6.45, 7) is 0. The molecule has 268 valence electrons. The minimum Gasteiger partial charge on any atom is -0.208 e. The fraction of sp³-hybridized carbons (Fsp3) is 0.189. The van der Waals surface area contributed by atoms with Crippen molar-refractivity contribution in [3.8, 4) is 67.5 Å². The minimum absolute atomic E-state index is 0.117. The average Bonchev–Trinajstić information content (AvgIpc) is 3.56. The summed E-state index contributed by atoms with van der Waals surface area (Å²) in [6.07, 6.45) is 7.00. The van der Waals surface area contributed by atoms with E-state index in [0.717, 1.165) is 45.9 Å². The molecule has 0 saturated heterocycles. The van der Waals surface area contributed by atoms with Gasteiger partial charge in [0.15, 0.2) is 17.5 Å². The van der Waals surface area contributed by atoms with Crippen molar-refractivity contribution in [3.05, 3.63) is 175 Å². The summed E-state index contributed by atoms with van der Waals surface area (Å²) in [5, 5.41) is 2.76. The van der Waals surface area contributed by atoms with Gasteiger partial charge in [-0.05, 0) is 129 Å². The van der Waals surface area contributed by atoms with E-state index in [2.05, 4.69) is 127 Å². The Kier molecular flexibility index (Phi) is 7.11. The van der Waals surface area contributed by atoms with Crippen molar-refractivity contribution in [2.45, 2.75) is 37.5 Å². The van der Waals surface area contributed by atoms with E-state index in [1.54, 1.807) is 11.1 Å². The van der Waals surface area contributed by atoms with Gasteiger partial charge in [0.1, 0.15) is 0 Å². The highest BCUT2D eigenvalue weighted by Crippen LogP contribution is 2.70. The van der Waals surface area contributed by atoms with Crippen LogP contribution in [0, 0.1) is 23.7 Å².